The van der Waals surface area contributed by atoms with Crippen molar-refractivity contribution in [1.29, 1.82) is 0 Å². The Morgan fingerprint density at radius 1 is 0.244 bits per heavy atom. The topological polar surface area (TPSA) is 54.0 Å². The number of hydrogen-bond donors (Lipinski definition) is 0. The van der Waals surface area contributed by atoms with Crippen molar-refractivity contribution in [3.63, 3.8) is 0 Å². The predicted octanol–water partition coefficient (Wildman–Crippen LogP) is 20.4. The Morgan fingerprint density at radius 2 is 0.523 bits per heavy atom. The summed E-state index contributed by atoms with van der Waals surface area (Å²) in [6.45, 7) is 0. The number of carbonyl (C=O) groups is 1. The van der Waals surface area contributed by atoms with Crippen LogP contribution in [0.5, 0.6) is 23.0 Å². The zero-order valence-electron chi connectivity index (χ0n) is 47.8. The third kappa shape index (κ3) is 7.68. The van der Waals surface area contributed by atoms with E-state index in [1.54, 1.807) is 28.4 Å². The molecule has 0 saturated carbocycles. The summed E-state index contributed by atoms with van der Waals surface area (Å²) < 4.78 is 21.8. The number of fused-ring (bicyclic) bond motifs is 9. The molecule has 3 aliphatic rings. The number of Topliss-reactive ketones (excluding diaryl/α,β-unsaturated/α-hetero) is 1. The van der Waals surface area contributed by atoms with E-state index >= 15 is 0 Å². The highest BCUT2D eigenvalue weighted by atomic mass is 16.5. The number of carbonyl (C=O) groups excluding carboxylic acids is 1. The third-order valence-corrected chi connectivity index (χ3v) is 18.0. The lowest BCUT2D eigenvalue weighted by molar-refractivity contribution is -0.108. The van der Waals surface area contributed by atoms with Gasteiger partial charge in [-0.25, -0.2) is 0 Å². The van der Waals surface area contributed by atoms with Gasteiger partial charge in [0.15, 0.2) is 5.78 Å². The summed E-state index contributed by atoms with van der Waals surface area (Å²) in [7, 11) is 6.74. The van der Waals surface area contributed by atoms with E-state index in [9.17, 15) is 4.79 Å². The van der Waals surface area contributed by atoms with Crippen molar-refractivity contribution in [3.8, 4) is 45.3 Å². The van der Waals surface area contributed by atoms with Gasteiger partial charge in [0.25, 0.3) is 0 Å². The van der Waals surface area contributed by atoms with Gasteiger partial charge in [0.05, 0.1) is 28.4 Å². The molecular formula is C81H54O5. The molecule has 0 amide bonds. The standard InChI is InChI=1S/C40H26O2.C29H20O3.C12H8/c1-41-27-19-15-25(16-20-27)35-37-29-11-3-7-23-9-5-13-31(33(23)29)39(37)36(26-17-21-28(42-2)22-18-26)40-32-14-6-10-24-8-4-12-30(34(24)32)38(35)40;1-31-20-13-9-18(10-14-20)25-27-22-7-3-5-17-6-4-8-23(24(17)22)28(27)26(29(25)30)19-11-15-21(32-2)16-12-19;1-3-9-4-2-6-11-8-7-10(5-1)12(9)11/h3-22H,1-2H3;3-16H,1-2H3;1-8H. The lowest BCUT2D eigenvalue weighted by Crippen LogP contribution is -2.03. The number of hydrogen-bond acceptors (Lipinski definition) is 5. The molecule has 0 atom stereocenters. The second kappa shape index (κ2) is 20.1. The van der Waals surface area contributed by atoms with Crippen molar-refractivity contribution in [2.45, 2.75) is 0 Å². The second-order valence-corrected chi connectivity index (χ2v) is 22.2. The monoisotopic (exact) mass is 1110 g/mol. The smallest absolute Gasteiger partial charge is 0.195 e. The predicted molar refractivity (Wildman–Crippen MR) is 359 cm³/mol. The molecular weight excluding hydrogens is 1050 g/mol. The second-order valence-electron chi connectivity index (χ2n) is 22.2. The number of ketones is 1. The average Bonchev–Trinajstić information content (AvgIpc) is 1.56. The van der Waals surface area contributed by atoms with E-state index in [0.717, 1.165) is 67.5 Å². The summed E-state index contributed by atoms with van der Waals surface area (Å²) in [6, 6.07) is 85.1. The van der Waals surface area contributed by atoms with E-state index < -0.39 is 0 Å². The van der Waals surface area contributed by atoms with E-state index in [1.807, 2.05) is 48.5 Å². The van der Waals surface area contributed by atoms with Gasteiger partial charge in [0.2, 0.25) is 0 Å². The lowest BCUT2D eigenvalue weighted by Gasteiger charge is -2.16. The van der Waals surface area contributed by atoms with Crippen LogP contribution in [-0.2, 0) is 4.79 Å². The quantitative estimate of drug-likeness (QED) is 0.152. The Morgan fingerprint density at radius 3 is 0.849 bits per heavy atom. The molecule has 0 spiro atoms. The molecule has 18 rings (SSSR count). The van der Waals surface area contributed by atoms with Gasteiger partial charge in [-0.2, -0.15) is 0 Å². The summed E-state index contributed by atoms with van der Waals surface area (Å²) in [5.41, 5.74) is 15.2. The van der Waals surface area contributed by atoms with Crippen LogP contribution in [0.1, 0.15) is 33.4 Å². The molecule has 0 bridgehead atoms. The molecule has 15 aromatic rings. The first kappa shape index (κ1) is 50.7. The van der Waals surface area contributed by atoms with Gasteiger partial charge in [-0.1, -0.05) is 206 Å². The van der Waals surface area contributed by atoms with Crippen LogP contribution < -0.4 is 18.9 Å². The highest BCUT2D eigenvalue weighted by molar-refractivity contribution is 6.61. The Labute approximate surface area is 497 Å². The van der Waals surface area contributed by atoms with Crippen LogP contribution in [0.25, 0.3) is 143 Å². The van der Waals surface area contributed by atoms with E-state index in [-0.39, 0.29) is 5.78 Å². The van der Waals surface area contributed by atoms with Gasteiger partial charge >= 0.3 is 0 Å². The molecule has 408 valence electrons. The molecule has 0 saturated heterocycles. The van der Waals surface area contributed by atoms with Crippen LogP contribution in [0.4, 0.5) is 0 Å². The molecule has 0 radical (unpaired) electrons. The Kier molecular flexibility index (Phi) is 11.9. The molecule has 5 heteroatoms. The number of benzene rings is 13. The third-order valence-electron chi connectivity index (χ3n) is 18.0. The Bertz CT molecular complexity index is 4920. The fourth-order valence-electron chi connectivity index (χ4n) is 14.3. The maximum absolute atomic E-state index is 14.0. The summed E-state index contributed by atoms with van der Waals surface area (Å²) >= 11 is 0. The number of allylic oxidation sites excluding steroid dienone is 4. The van der Waals surface area contributed by atoms with Gasteiger partial charge in [-0.05, 0) is 190 Å². The van der Waals surface area contributed by atoms with Crippen molar-refractivity contribution in [3.05, 3.63) is 276 Å². The summed E-state index contributed by atoms with van der Waals surface area (Å²) in [5.74, 6) is 3.31. The summed E-state index contributed by atoms with van der Waals surface area (Å²) in [4.78, 5) is 14.0. The molecule has 0 fully saturated rings. The SMILES string of the molecule is C1=Cc2cccc3cccc1c23.COc1ccc(-c2c3c4cccc5cccc(c3c(-c3ccc(OC)cc3)c3c6cccc7cccc(c23)c76)c54)cc1.COc1ccc(C2=C3C(=C(c4ccc(OC)cc4)C2=O)c2cccc4cccc3c24)cc1. The number of rotatable bonds is 8. The van der Waals surface area contributed by atoms with E-state index in [1.165, 1.54) is 120 Å². The van der Waals surface area contributed by atoms with E-state index in [2.05, 4.69) is 206 Å². The zero-order chi connectivity index (χ0) is 57.7. The maximum atomic E-state index is 14.0. The van der Waals surface area contributed by atoms with Crippen molar-refractivity contribution < 1.29 is 23.7 Å². The minimum absolute atomic E-state index is 0.0526. The van der Waals surface area contributed by atoms with Crippen LogP contribution >= 0.6 is 0 Å². The fourth-order valence-corrected chi connectivity index (χ4v) is 14.3. The first-order valence-corrected chi connectivity index (χ1v) is 29.1. The number of methoxy groups -OCH3 is 4. The van der Waals surface area contributed by atoms with Crippen LogP contribution in [0.2, 0.25) is 0 Å². The van der Waals surface area contributed by atoms with E-state index in [0.29, 0.717) is 0 Å². The van der Waals surface area contributed by atoms with Gasteiger partial charge in [-0.3, -0.25) is 4.79 Å². The van der Waals surface area contributed by atoms with Crippen molar-refractivity contribution >= 4 is 126 Å². The lowest BCUT2D eigenvalue weighted by atomic mass is 9.87. The first-order valence-electron chi connectivity index (χ1n) is 29.1. The fraction of sp³-hybridized carbons (Fsp3) is 0.0494. The summed E-state index contributed by atoms with van der Waals surface area (Å²) in [6.07, 6.45) is 4.36. The molecule has 0 unspecified atom stereocenters. The van der Waals surface area contributed by atoms with Gasteiger partial charge in [0, 0.05) is 22.3 Å². The number of ether oxygens (including phenoxy) is 4. The largest absolute Gasteiger partial charge is 0.497 e. The van der Waals surface area contributed by atoms with Gasteiger partial charge in [-0.15, -0.1) is 0 Å². The van der Waals surface area contributed by atoms with Crippen LogP contribution in [0.3, 0.4) is 0 Å². The minimum Gasteiger partial charge on any atom is -0.497 e. The van der Waals surface area contributed by atoms with Crippen LogP contribution in [0, 0.1) is 0 Å². The molecule has 3 aliphatic carbocycles. The molecule has 86 heavy (non-hydrogen) atoms. The molecule has 0 aliphatic heterocycles. The molecule has 0 aromatic heterocycles. The average molecular weight is 1110 g/mol. The van der Waals surface area contributed by atoms with Crippen LogP contribution in [0.15, 0.2) is 243 Å². The molecule has 0 N–H and O–H groups in total. The van der Waals surface area contributed by atoms with Crippen molar-refractivity contribution in [1.82, 2.24) is 0 Å². The highest BCUT2D eigenvalue weighted by Crippen LogP contribution is 2.58. The maximum Gasteiger partial charge on any atom is 0.195 e. The zero-order valence-corrected chi connectivity index (χ0v) is 47.8. The minimum atomic E-state index is 0.0526. The highest BCUT2D eigenvalue weighted by Gasteiger charge is 2.40. The molecule has 15 aromatic carbocycles. The summed E-state index contributed by atoms with van der Waals surface area (Å²) in [5, 5.41) is 20.7. The van der Waals surface area contributed by atoms with Crippen LogP contribution in [-0.4, -0.2) is 34.2 Å². The van der Waals surface area contributed by atoms with Crippen molar-refractivity contribution in [2.75, 3.05) is 28.4 Å². The van der Waals surface area contributed by atoms with Gasteiger partial charge < -0.3 is 18.9 Å². The first-order chi connectivity index (χ1) is 42.4. The Balaban J connectivity index is 0.000000119. The normalized spacial score (nSPS) is 13.0. The van der Waals surface area contributed by atoms with E-state index in [4.69, 9.17) is 18.9 Å². The van der Waals surface area contributed by atoms with Gasteiger partial charge in [0.1, 0.15) is 23.0 Å². The van der Waals surface area contributed by atoms with Crippen molar-refractivity contribution in [2.24, 2.45) is 0 Å². The molecule has 0 heterocycles. The molecule has 5 nitrogen and oxygen atoms in total. The Hall–Kier alpha value is -11.0.